The maximum absolute atomic E-state index is 12.2. The lowest BCUT2D eigenvalue weighted by Crippen LogP contribution is -2.44. The predicted molar refractivity (Wildman–Crippen MR) is 129 cm³/mol. The monoisotopic (exact) mass is 488 g/mol. The van der Waals surface area contributed by atoms with Crippen molar-refractivity contribution in [3.63, 3.8) is 0 Å². The zero-order valence-electron chi connectivity index (χ0n) is 20.5. The van der Waals surface area contributed by atoms with E-state index in [1.807, 2.05) is 13.0 Å². The fourth-order valence-corrected chi connectivity index (χ4v) is 4.46. The number of aromatic nitrogens is 2. The molecule has 10 nitrogen and oxygen atoms in total. The highest BCUT2D eigenvalue weighted by Crippen LogP contribution is 2.32. The molecule has 0 saturated carbocycles. The van der Waals surface area contributed by atoms with Crippen LogP contribution in [-0.2, 0) is 10.2 Å². The smallest absolute Gasteiger partial charge is 0.266 e. The molecule has 0 spiro atoms. The number of rotatable bonds is 11. The molecule has 1 aromatic heterocycles. The Balaban J connectivity index is 1.15. The molecule has 35 heavy (non-hydrogen) atoms. The van der Waals surface area contributed by atoms with Gasteiger partial charge < -0.3 is 34.4 Å². The van der Waals surface area contributed by atoms with Crippen molar-refractivity contribution in [2.24, 2.45) is 5.92 Å². The molecule has 2 aliphatic rings. The van der Waals surface area contributed by atoms with Gasteiger partial charge in [0.2, 0.25) is 5.89 Å². The normalized spacial score (nSPS) is 18.7. The van der Waals surface area contributed by atoms with Gasteiger partial charge in [-0.2, -0.15) is 4.98 Å². The first-order valence-corrected chi connectivity index (χ1v) is 12.4. The van der Waals surface area contributed by atoms with Crippen LogP contribution in [0.1, 0.15) is 54.4 Å². The highest BCUT2D eigenvalue weighted by atomic mass is 16.5. The van der Waals surface area contributed by atoms with Crippen molar-refractivity contribution < 1.29 is 29.0 Å². The predicted octanol–water partition coefficient (Wildman–Crippen LogP) is 1.82. The van der Waals surface area contributed by atoms with Gasteiger partial charge in [0.25, 0.3) is 11.9 Å². The van der Waals surface area contributed by atoms with E-state index in [4.69, 9.17) is 19.1 Å². The Morgan fingerprint density at radius 3 is 2.77 bits per heavy atom. The molecule has 3 N–H and O–H groups in total. The summed E-state index contributed by atoms with van der Waals surface area (Å²) >= 11 is 0. The van der Waals surface area contributed by atoms with Gasteiger partial charge in [-0.1, -0.05) is 0 Å². The zero-order chi connectivity index (χ0) is 24.8. The molecular weight excluding hydrogens is 452 g/mol. The van der Waals surface area contributed by atoms with Crippen LogP contribution in [0.4, 0.5) is 5.95 Å². The van der Waals surface area contributed by atoms with Gasteiger partial charge >= 0.3 is 0 Å². The van der Waals surface area contributed by atoms with Gasteiger partial charge in [-0.25, -0.2) is 0 Å². The highest BCUT2D eigenvalue weighted by molar-refractivity contribution is 5.95. The average molecular weight is 489 g/mol. The number of amides is 1. The van der Waals surface area contributed by atoms with Crippen LogP contribution < -0.4 is 15.0 Å². The fraction of sp³-hybridized carbons (Fsp3) is 0.640. The number of piperidine rings is 1. The molecule has 1 aromatic carbocycles. The standard InChI is InChI=1S/C25H36N4O6/c1-17-12-20(5-6-21(17)22(32)26-13-19(31)14-30)34-11-3-4-18-7-9-29(10-8-18)24-27-23(35-28-24)25(2)15-33-16-25/h5-6,12,18-19,30-31H,3-4,7-11,13-16H2,1-2H3,(H,26,32). The van der Waals surface area contributed by atoms with Crippen LogP contribution in [0.3, 0.4) is 0 Å². The lowest BCUT2D eigenvalue weighted by molar-refractivity contribution is -0.0644. The molecule has 0 radical (unpaired) electrons. The van der Waals surface area contributed by atoms with Gasteiger partial charge in [-0.15, -0.1) is 0 Å². The van der Waals surface area contributed by atoms with Crippen LogP contribution >= 0.6 is 0 Å². The first kappa shape index (κ1) is 25.4. The number of carbonyl (C=O) groups excluding carboxylic acids is 1. The number of aliphatic hydroxyl groups is 2. The lowest BCUT2D eigenvalue weighted by atomic mass is 9.89. The minimum atomic E-state index is -0.961. The third-order valence-electron chi connectivity index (χ3n) is 6.85. The van der Waals surface area contributed by atoms with E-state index >= 15 is 0 Å². The Kier molecular flexibility index (Phi) is 8.25. The Hall–Kier alpha value is -2.69. The third-order valence-corrected chi connectivity index (χ3v) is 6.85. The van der Waals surface area contributed by atoms with Crippen LogP contribution in [-0.4, -0.2) is 78.4 Å². The van der Waals surface area contributed by atoms with Gasteiger partial charge in [-0.05, 0) is 74.4 Å². The van der Waals surface area contributed by atoms with Gasteiger partial charge in [-0.3, -0.25) is 4.79 Å². The molecule has 2 fully saturated rings. The van der Waals surface area contributed by atoms with Crippen molar-refractivity contribution >= 4 is 11.9 Å². The summed E-state index contributed by atoms with van der Waals surface area (Å²) < 4.78 is 16.7. The third kappa shape index (κ3) is 6.31. The van der Waals surface area contributed by atoms with Crippen LogP contribution in [0, 0.1) is 12.8 Å². The lowest BCUT2D eigenvalue weighted by Gasteiger charge is -2.34. The average Bonchev–Trinajstić information content (AvgIpc) is 3.34. The molecule has 1 amide bonds. The van der Waals surface area contributed by atoms with Gasteiger partial charge in [0.1, 0.15) is 5.75 Å². The molecule has 2 saturated heterocycles. The van der Waals surface area contributed by atoms with E-state index in [-0.39, 0.29) is 24.5 Å². The van der Waals surface area contributed by atoms with Gasteiger partial charge in [0.15, 0.2) is 0 Å². The second-order valence-electron chi connectivity index (χ2n) is 9.90. The molecule has 1 atom stereocenters. The minimum Gasteiger partial charge on any atom is -0.494 e. The first-order valence-electron chi connectivity index (χ1n) is 12.4. The van der Waals surface area contributed by atoms with Crippen molar-refractivity contribution in [3.8, 4) is 5.75 Å². The molecule has 0 aliphatic carbocycles. The van der Waals surface area contributed by atoms with E-state index in [0.717, 1.165) is 50.1 Å². The summed E-state index contributed by atoms with van der Waals surface area (Å²) in [5.74, 6) is 2.47. The van der Waals surface area contributed by atoms with Crippen molar-refractivity contribution in [3.05, 3.63) is 35.2 Å². The van der Waals surface area contributed by atoms with E-state index in [1.54, 1.807) is 12.1 Å². The maximum Gasteiger partial charge on any atom is 0.266 e. The molecule has 0 bridgehead atoms. The Morgan fingerprint density at radius 2 is 2.11 bits per heavy atom. The summed E-state index contributed by atoms with van der Waals surface area (Å²) in [6.45, 7) is 7.31. The van der Waals surface area contributed by atoms with E-state index in [2.05, 4.69) is 27.3 Å². The Morgan fingerprint density at radius 1 is 1.34 bits per heavy atom. The second kappa shape index (κ2) is 11.4. The van der Waals surface area contributed by atoms with E-state index < -0.39 is 6.10 Å². The number of carbonyl (C=O) groups is 1. The number of aryl methyl sites for hydroxylation is 1. The quantitative estimate of drug-likeness (QED) is 0.406. The SMILES string of the molecule is Cc1cc(OCCCC2CCN(c3noc(C4(C)COC4)n3)CC2)ccc1C(=O)NCC(O)CO. The molecule has 1 unspecified atom stereocenters. The molecular formula is C25H36N4O6. The van der Waals surface area contributed by atoms with Crippen LogP contribution in [0.15, 0.2) is 22.7 Å². The van der Waals surface area contributed by atoms with Crippen molar-refractivity contribution in [2.75, 3.05) is 51.0 Å². The number of nitrogens with zero attached hydrogens (tertiary/aromatic N) is 3. The van der Waals surface area contributed by atoms with E-state index in [9.17, 15) is 9.90 Å². The largest absolute Gasteiger partial charge is 0.494 e. The molecule has 3 heterocycles. The maximum atomic E-state index is 12.2. The van der Waals surface area contributed by atoms with Crippen LogP contribution in [0.5, 0.6) is 5.75 Å². The Labute approximate surface area is 205 Å². The number of nitrogens with one attached hydrogen (secondary N) is 1. The highest BCUT2D eigenvalue weighted by Gasteiger charge is 2.41. The number of ether oxygens (including phenoxy) is 2. The summed E-state index contributed by atoms with van der Waals surface area (Å²) in [5.41, 5.74) is 1.19. The minimum absolute atomic E-state index is 0.0109. The van der Waals surface area contributed by atoms with Crippen molar-refractivity contribution in [2.45, 2.75) is 51.0 Å². The van der Waals surface area contributed by atoms with Gasteiger partial charge in [0.05, 0.1) is 37.9 Å². The summed E-state index contributed by atoms with van der Waals surface area (Å²) in [4.78, 5) is 19.1. The first-order chi connectivity index (χ1) is 16.9. The number of anilines is 1. The number of hydrogen-bond acceptors (Lipinski definition) is 9. The van der Waals surface area contributed by atoms with Crippen LogP contribution in [0.2, 0.25) is 0 Å². The topological polar surface area (TPSA) is 130 Å². The van der Waals surface area contributed by atoms with Crippen molar-refractivity contribution in [1.29, 1.82) is 0 Å². The Bertz CT molecular complexity index is 984. The van der Waals surface area contributed by atoms with Crippen LogP contribution in [0.25, 0.3) is 0 Å². The number of aliphatic hydroxyl groups excluding tert-OH is 2. The summed E-state index contributed by atoms with van der Waals surface area (Å²) in [6.07, 6.45) is 3.30. The fourth-order valence-electron chi connectivity index (χ4n) is 4.46. The number of hydrogen-bond donors (Lipinski definition) is 3. The number of benzene rings is 1. The summed E-state index contributed by atoms with van der Waals surface area (Å²) in [6, 6.07) is 5.37. The van der Waals surface area contributed by atoms with Gasteiger partial charge in [0, 0.05) is 25.2 Å². The molecule has 4 rings (SSSR count). The summed E-state index contributed by atoms with van der Waals surface area (Å²) in [5, 5.41) is 25.0. The summed E-state index contributed by atoms with van der Waals surface area (Å²) in [7, 11) is 0. The molecule has 2 aliphatic heterocycles. The van der Waals surface area contributed by atoms with E-state index in [0.29, 0.717) is 43.1 Å². The van der Waals surface area contributed by atoms with E-state index in [1.165, 1.54) is 0 Å². The molecule has 10 heteroatoms. The zero-order valence-corrected chi connectivity index (χ0v) is 20.5. The second-order valence-corrected chi connectivity index (χ2v) is 9.90. The molecule has 2 aromatic rings. The van der Waals surface area contributed by atoms with Crippen molar-refractivity contribution in [1.82, 2.24) is 15.5 Å². The molecule has 192 valence electrons.